The topological polar surface area (TPSA) is 57.4 Å². The molecule has 2 N–H and O–H groups in total. The van der Waals surface area contributed by atoms with E-state index in [4.69, 9.17) is 0 Å². The lowest BCUT2D eigenvalue weighted by atomic mass is 9.89. The first-order chi connectivity index (χ1) is 33.7. The van der Waals surface area contributed by atoms with Gasteiger partial charge in [0.15, 0.2) is 5.83 Å². The third kappa shape index (κ3) is 8.12. The third-order valence-corrected chi connectivity index (χ3v) is 11.1. The van der Waals surface area contributed by atoms with Gasteiger partial charge in [-0.2, -0.15) is 96.6 Å². The summed E-state index contributed by atoms with van der Waals surface area (Å²) in [4.78, 5) is 11.4. The van der Waals surface area contributed by atoms with E-state index in [1.165, 1.54) is 0 Å². The van der Waals surface area contributed by atoms with Gasteiger partial charge in [0, 0.05) is 22.2 Å². The molecule has 0 saturated carbocycles. The van der Waals surface area contributed by atoms with Gasteiger partial charge in [-0.1, -0.05) is 24.3 Å². The maximum absolute atomic E-state index is 16.6. The molecule has 0 spiro atoms. The first kappa shape index (κ1) is 54.7. The van der Waals surface area contributed by atoms with Crippen LogP contribution in [0.4, 0.5) is 114 Å². The lowest BCUT2D eigenvalue weighted by Gasteiger charge is -2.40. The molecule has 0 fully saturated rings. The Hall–Kier alpha value is -7.04. The Balaban J connectivity index is 1.69. The van der Waals surface area contributed by atoms with Crippen molar-refractivity contribution < 1.29 is 114 Å². The number of aromatic amines is 2. The maximum atomic E-state index is 16.6. The first-order valence-electron chi connectivity index (χ1n) is 19.6. The summed E-state index contributed by atoms with van der Waals surface area (Å²) in [6, 6.07) is 8.05. The largest absolute Gasteiger partial charge is 0.460 e. The predicted molar refractivity (Wildman–Crippen MR) is 209 cm³/mol. The Morgan fingerprint density at radius 3 is 1.12 bits per heavy atom. The number of H-pyrrole nitrogens is 2. The molecule has 0 amide bonds. The molecule has 30 heteroatoms. The highest BCUT2D eigenvalue weighted by molar-refractivity contribution is 5.97. The van der Waals surface area contributed by atoms with E-state index < -0.39 is 161 Å². The van der Waals surface area contributed by atoms with E-state index in [9.17, 15) is 70.2 Å². The van der Waals surface area contributed by atoms with Gasteiger partial charge in [0.1, 0.15) is 11.6 Å². The van der Waals surface area contributed by atoms with Gasteiger partial charge in [0.05, 0.1) is 44.9 Å². The number of benzene rings is 2. The van der Waals surface area contributed by atoms with Crippen molar-refractivity contribution in [1.29, 1.82) is 0 Å². The molecule has 7 rings (SSSR count). The van der Waals surface area contributed by atoms with Crippen molar-refractivity contribution in [3.8, 4) is 22.3 Å². The highest BCUT2D eigenvalue weighted by atomic mass is 19.4. The van der Waals surface area contributed by atoms with Crippen LogP contribution in [0.25, 0.3) is 74.5 Å². The summed E-state index contributed by atoms with van der Waals surface area (Å²) in [5.74, 6) is -73.2. The third-order valence-electron chi connectivity index (χ3n) is 11.1. The summed E-state index contributed by atoms with van der Waals surface area (Å²) in [5, 5.41) is 0. The second-order valence-corrected chi connectivity index (χ2v) is 15.7. The van der Waals surface area contributed by atoms with Gasteiger partial charge >= 0.3 is 59.7 Å². The van der Waals surface area contributed by atoms with Crippen LogP contribution in [0.15, 0.2) is 78.6 Å². The lowest BCUT2D eigenvalue weighted by molar-refractivity contribution is -0.441. The highest BCUT2D eigenvalue weighted by Gasteiger charge is 2.91. The van der Waals surface area contributed by atoms with Crippen LogP contribution in [-0.2, 0) is 5.92 Å². The fraction of sp³-hybridized carbons (Fsp3) is 0.227. The average molecular weight is 1100 g/mol. The van der Waals surface area contributed by atoms with E-state index in [1.54, 1.807) is 0 Å². The monoisotopic (exact) mass is 1100 g/mol. The van der Waals surface area contributed by atoms with E-state index >= 15 is 43.9 Å². The molecular weight excluding hydrogens is 1080 g/mol. The number of hydrogen-bond acceptors (Lipinski definition) is 2. The summed E-state index contributed by atoms with van der Waals surface area (Å²) in [7, 11) is 0. The number of rotatable bonds is 11. The molecule has 8 bridgehead atoms. The van der Waals surface area contributed by atoms with Crippen LogP contribution < -0.4 is 0 Å². The van der Waals surface area contributed by atoms with Gasteiger partial charge in [-0.05, 0) is 84.0 Å². The smallest absolute Gasteiger partial charge is 0.354 e. The van der Waals surface area contributed by atoms with E-state index in [1.807, 2.05) is 0 Å². The molecule has 0 unspecified atom stereocenters. The quantitative estimate of drug-likeness (QED) is 0.127. The SMILES string of the molecule is F/C(=C(/F)C(F)(F)C(F)(F)C(F)(F)C(F)(F)F)c1c2ccc([nH]2)c(-c2cccc(F)c2)c2nc(c(C(F)(F)C(F)(F)C(F)(F)C(F)(F)C(F)(F)C(F)(F)F)c3nc(c(-c4cccc(F)c4)c4ccc1[nH]4)C=C3)C=C2. The number of halogens is 26. The predicted octanol–water partition coefficient (Wildman–Crippen LogP) is 16.5. The number of hydrogen-bond donors (Lipinski definition) is 2. The van der Waals surface area contributed by atoms with Crippen molar-refractivity contribution >= 4 is 52.2 Å². The Bertz CT molecular complexity index is 3190. The fourth-order valence-electron chi connectivity index (χ4n) is 7.35. The minimum atomic E-state index is -8.40. The zero-order valence-electron chi connectivity index (χ0n) is 35.0. The Morgan fingerprint density at radius 2 is 0.743 bits per heavy atom. The zero-order chi connectivity index (χ0) is 55.5. The normalized spacial score (nSPS) is 15.0. The van der Waals surface area contributed by atoms with Crippen molar-refractivity contribution in [2.24, 2.45) is 0 Å². The molecule has 74 heavy (non-hydrogen) atoms. The second kappa shape index (κ2) is 17.3. The average Bonchev–Trinajstić information content (AvgIpc) is 4.13. The maximum Gasteiger partial charge on any atom is 0.460 e. The van der Waals surface area contributed by atoms with Crippen molar-refractivity contribution in [2.75, 3.05) is 0 Å². The van der Waals surface area contributed by atoms with Gasteiger partial charge in [0.2, 0.25) is 5.83 Å². The van der Waals surface area contributed by atoms with Gasteiger partial charge in [-0.15, -0.1) is 0 Å². The molecule has 0 radical (unpaired) electrons. The number of alkyl halides is 22. The minimum absolute atomic E-state index is 0.146. The molecule has 2 aromatic carbocycles. The second-order valence-electron chi connectivity index (χ2n) is 15.7. The number of fused-ring (bicyclic) bond motifs is 8. The number of allylic oxidation sites excluding steroid dienone is 1. The van der Waals surface area contributed by atoms with E-state index in [0.717, 1.165) is 24.3 Å². The number of nitrogens with one attached hydrogen (secondary N) is 2. The van der Waals surface area contributed by atoms with Crippen LogP contribution in [0.3, 0.4) is 0 Å². The Morgan fingerprint density at radius 1 is 0.392 bits per heavy atom. The van der Waals surface area contributed by atoms with Crippen molar-refractivity contribution in [3.63, 3.8) is 0 Å². The van der Waals surface area contributed by atoms with Crippen molar-refractivity contribution in [2.45, 2.75) is 59.7 Å². The molecule has 396 valence electrons. The fourth-order valence-corrected chi connectivity index (χ4v) is 7.35. The summed E-state index contributed by atoms with van der Waals surface area (Å²) < 4.78 is 379. The van der Waals surface area contributed by atoms with Crippen molar-refractivity contribution in [3.05, 3.63) is 124 Å². The molecule has 5 aromatic rings. The van der Waals surface area contributed by atoms with Crippen LogP contribution in [0.5, 0.6) is 0 Å². The first-order valence-corrected chi connectivity index (χ1v) is 19.6. The van der Waals surface area contributed by atoms with Gasteiger partial charge in [-0.25, -0.2) is 27.5 Å². The number of aromatic nitrogens is 4. The van der Waals surface area contributed by atoms with E-state index in [-0.39, 0.29) is 12.2 Å². The van der Waals surface area contributed by atoms with Crippen LogP contribution in [0.2, 0.25) is 0 Å². The van der Waals surface area contributed by atoms with Crippen LogP contribution >= 0.6 is 0 Å². The van der Waals surface area contributed by atoms with E-state index in [0.29, 0.717) is 60.7 Å². The highest BCUT2D eigenvalue weighted by Crippen LogP contribution is 2.63. The summed E-state index contributed by atoms with van der Waals surface area (Å²) in [6.07, 6.45) is -14.2. The summed E-state index contributed by atoms with van der Waals surface area (Å²) in [5.41, 5.74) is -17.2. The lowest BCUT2D eigenvalue weighted by Crippen LogP contribution is -2.69. The minimum Gasteiger partial charge on any atom is -0.354 e. The van der Waals surface area contributed by atoms with E-state index in [2.05, 4.69) is 19.9 Å². The Kier molecular flexibility index (Phi) is 12.8. The molecule has 4 nitrogen and oxygen atoms in total. The Labute approximate surface area is 392 Å². The summed E-state index contributed by atoms with van der Waals surface area (Å²) in [6.45, 7) is 0. The molecule has 0 atom stereocenters. The molecule has 2 aliphatic rings. The molecule has 3 aromatic heterocycles. The zero-order valence-corrected chi connectivity index (χ0v) is 35.0. The van der Waals surface area contributed by atoms with Gasteiger partial charge in [0.25, 0.3) is 0 Å². The summed E-state index contributed by atoms with van der Waals surface area (Å²) >= 11 is 0. The van der Waals surface area contributed by atoms with Crippen molar-refractivity contribution in [1.82, 2.24) is 19.9 Å². The molecule has 0 aliphatic carbocycles. The molecule has 0 saturated heterocycles. The van der Waals surface area contributed by atoms with Gasteiger partial charge in [-0.3, -0.25) is 0 Å². The molecular formula is C44H18F26N4. The molecule has 5 heterocycles. The molecule has 2 aliphatic heterocycles. The van der Waals surface area contributed by atoms with Crippen LogP contribution in [0.1, 0.15) is 33.9 Å². The number of nitrogens with zero attached hydrogens (tertiary/aromatic N) is 2. The van der Waals surface area contributed by atoms with Gasteiger partial charge < -0.3 is 9.97 Å². The van der Waals surface area contributed by atoms with Crippen LogP contribution in [0, 0.1) is 11.6 Å². The van der Waals surface area contributed by atoms with Crippen LogP contribution in [-0.4, -0.2) is 73.7 Å². The standard InChI is InChI=1S/C44H18F26N4/c45-19-5-1-3-17(15-19)29-21-7-9-25(71-21)31(33(47)34(48)36(51,52)38(55,56)41(61,62)43(65,66)67)26-10-8-22(72-26)30(18-4-2-6-20(46)16-18)24-12-14-28(74-24)32(27-13-11-23(29)73-27)35(49,50)37(53,54)39(57,58)40(59,60)42(63,64)44(68,69)70/h1-16,71-72H/b29-21?,29-23?,30-22?,30-24?,31-25?,31-26?,32-27?,32-28?,34-33+.